The number of hydrogen-bond donors (Lipinski definition) is 3. The third kappa shape index (κ3) is 5.83. The zero-order chi connectivity index (χ0) is 27.7. The molecule has 14 heteroatoms. The van der Waals surface area contributed by atoms with Crippen molar-refractivity contribution < 1.29 is 33.3 Å². The lowest BCUT2D eigenvalue weighted by Gasteiger charge is -2.17. The van der Waals surface area contributed by atoms with E-state index in [0.717, 1.165) is 18.2 Å². The second kappa shape index (κ2) is 11.7. The van der Waals surface area contributed by atoms with Crippen molar-refractivity contribution in [3.05, 3.63) is 35.4 Å². The van der Waals surface area contributed by atoms with Crippen LogP contribution in [0.2, 0.25) is 0 Å². The highest BCUT2D eigenvalue weighted by Crippen LogP contribution is 2.44. The maximum absolute atomic E-state index is 13.8. The minimum absolute atomic E-state index is 0.0176. The molecule has 0 spiro atoms. The Morgan fingerprint density at radius 1 is 1.18 bits per heavy atom. The van der Waals surface area contributed by atoms with Crippen LogP contribution in [0.1, 0.15) is 50.6 Å². The number of ether oxygens (including phenoxy) is 2. The highest BCUT2D eigenvalue weighted by atomic mass is 32.2. The lowest BCUT2D eigenvalue weighted by atomic mass is 10.1. The number of carbonyl (C=O) groups excluding carboxylic acids is 1. The number of aliphatic hydroxyl groups excluding tert-OH is 2. The molecule has 2 heterocycles. The number of thioether (sulfide) groups is 1. The van der Waals surface area contributed by atoms with Gasteiger partial charge in [0.15, 0.2) is 33.8 Å². The van der Waals surface area contributed by atoms with Crippen LogP contribution < -0.4 is 5.32 Å². The van der Waals surface area contributed by atoms with Crippen molar-refractivity contribution in [3.63, 3.8) is 0 Å². The van der Waals surface area contributed by atoms with Gasteiger partial charge in [-0.25, -0.2) is 28.2 Å². The van der Waals surface area contributed by atoms with Crippen LogP contribution in [0.5, 0.6) is 0 Å². The molecular weight excluding hydrogens is 534 g/mol. The Balaban J connectivity index is 1.38. The molecule has 0 amide bonds. The van der Waals surface area contributed by atoms with Crippen molar-refractivity contribution in [2.24, 2.45) is 0 Å². The summed E-state index contributed by atoms with van der Waals surface area (Å²) in [5, 5.41) is 33.7. The van der Waals surface area contributed by atoms with E-state index in [1.807, 2.05) is 6.92 Å². The van der Waals surface area contributed by atoms with Crippen LogP contribution >= 0.6 is 11.8 Å². The Morgan fingerprint density at radius 3 is 2.74 bits per heavy atom. The van der Waals surface area contributed by atoms with Gasteiger partial charge in [0.2, 0.25) is 0 Å². The molecule has 39 heavy (non-hydrogen) atoms. The van der Waals surface area contributed by atoms with Gasteiger partial charge in [-0.2, -0.15) is 0 Å². The maximum atomic E-state index is 13.8. The number of aliphatic hydroxyl groups is 2. The number of fused-ring (bicyclic) bond motifs is 1. The number of nitrogens with one attached hydrogen (secondary N) is 1. The normalized spacial score (nSPS) is 26.2. The molecule has 210 valence electrons. The summed E-state index contributed by atoms with van der Waals surface area (Å²) < 4.78 is 39.0. The largest absolute Gasteiger partial charge is 0.464 e. The van der Waals surface area contributed by atoms with Crippen LogP contribution in [0, 0.1) is 11.6 Å². The molecule has 0 saturated heterocycles. The van der Waals surface area contributed by atoms with Crippen LogP contribution in [0.4, 0.5) is 14.6 Å². The molecule has 3 aromatic rings. The van der Waals surface area contributed by atoms with E-state index in [-0.39, 0.29) is 31.6 Å². The molecule has 0 bridgehead atoms. The Kier molecular flexibility index (Phi) is 8.26. The Morgan fingerprint density at radius 2 is 2.00 bits per heavy atom. The summed E-state index contributed by atoms with van der Waals surface area (Å²) in [6.07, 6.45) is -1.52. The van der Waals surface area contributed by atoms with Crippen LogP contribution in [-0.4, -0.2) is 84.5 Å². The minimum atomic E-state index is -1.25. The predicted molar refractivity (Wildman–Crippen MR) is 137 cm³/mol. The molecule has 11 nitrogen and oxygen atoms in total. The van der Waals surface area contributed by atoms with Crippen molar-refractivity contribution in [2.75, 3.05) is 24.3 Å². The molecule has 6 atom stereocenters. The predicted octanol–water partition coefficient (Wildman–Crippen LogP) is 2.58. The van der Waals surface area contributed by atoms with Gasteiger partial charge in [0.05, 0.1) is 18.8 Å². The zero-order valence-corrected chi connectivity index (χ0v) is 22.3. The minimum Gasteiger partial charge on any atom is -0.464 e. The first-order valence-electron chi connectivity index (χ1n) is 12.9. The zero-order valence-electron chi connectivity index (χ0n) is 21.5. The van der Waals surface area contributed by atoms with Gasteiger partial charge < -0.3 is 25.0 Å². The number of anilines is 1. The van der Waals surface area contributed by atoms with Gasteiger partial charge in [0.25, 0.3) is 0 Å². The summed E-state index contributed by atoms with van der Waals surface area (Å²) in [4.78, 5) is 21.0. The molecule has 2 aliphatic rings. The van der Waals surface area contributed by atoms with Gasteiger partial charge in [-0.15, -0.1) is 5.10 Å². The number of aromatic nitrogens is 5. The molecule has 0 aliphatic heterocycles. The molecule has 5 rings (SSSR count). The number of carbonyl (C=O) groups is 1. The van der Waals surface area contributed by atoms with E-state index in [9.17, 15) is 23.8 Å². The second-order valence-corrected chi connectivity index (χ2v) is 10.7. The van der Waals surface area contributed by atoms with Crippen molar-refractivity contribution in [1.29, 1.82) is 0 Å². The number of benzene rings is 1. The molecule has 2 aromatic heterocycles. The van der Waals surface area contributed by atoms with Crippen LogP contribution in [0.25, 0.3) is 11.2 Å². The summed E-state index contributed by atoms with van der Waals surface area (Å²) in [5.41, 5.74) is 1.45. The molecule has 0 unspecified atom stereocenters. The number of hydrogen-bond acceptors (Lipinski definition) is 11. The lowest BCUT2D eigenvalue weighted by molar-refractivity contribution is -0.153. The summed E-state index contributed by atoms with van der Waals surface area (Å²) in [5.74, 6) is -1.12. The fraction of sp³-hybridized carbons (Fsp3) is 0.560. The molecule has 2 saturated carbocycles. The monoisotopic (exact) mass is 564 g/mol. The van der Waals surface area contributed by atoms with E-state index in [2.05, 4.69) is 25.6 Å². The number of halogens is 2. The highest BCUT2D eigenvalue weighted by molar-refractivity contribution is 7.99. The summed E-state index contributed by atoms with van der Waals surface area (Å²) in [7, 11) is 0. The SMILES string of the molecule is CCCSc1nc(N[C@@H]2C[C@H]2c2ccc(F)c(F)c2)c2nnn([C@@H]3C[C@H](OCC(=O)OCC)[C@H](O)[C@H]3O)c2n1. The Bertz CT molecular complexity index is 1350. The van der Waals surface area contributed by atoms with Gasteiger partial charge in [-0.05, 0) is 37.5 Å². The third-order valence-electron chi connectivity index (χ3n) is 6.86. The average molecular weight is 565 g/mol. The maximum Gasteiger partial charge on any atom is 0.332 e. The third-order valence-corrected chi connectivity index (χ3v) is 7.91. The lowest BCUT2D eigenvalue weighted by Crippen LogP contribution is -2.34. The summed E-state index contributed by atoms with van der Waals surface area (Å²) in [6.45, 7) is 3.59. The van der Waals surface area contributed by atoms with E-state index in [1.165, 1.54) is 22.5 Å². The first-order chi connectivity index (χ1) is 18.8. The fourth-order valence-corrected chi connectivity index (χ4v) is 5.48. The van der Waals surface area contributed by atoms with Crippen LogP contribution in [0.3, 0.4) is 0 Å². The molecule has 2 aliphatic carbocycles. The molecule has 2 fully saturated rings. The van der Waals surface area contributed by atoms with Crippen molar-refractivity contribution >= 4 is 34.7 Å². The Labute approximate surface area is 227 Å². The summed E-state index contributed by atoms with van der Waals surface area (Å²) >= 11 is 1.46. The number of rotatable bonds is 11. The fourth-order valence-electron chi connectivity index (χ4n) is 4.79. The molecule has 0 radical (unpaired) electrons. The van der Waals surface area contributed by atoms with E-state index >= 15 is 0 Å². The highest BCUT2D eigenvalue weighted by Gasteiger charge is 2.45. The van der Waals surface area contributed by atoms with Gasteiger partial charge in [-0.1, -0.05) is 30.0 Å². The Hall–Kier alpha value is -2.94. The number of esters is 1. The first-order valence-corrected chi connectivity index (χ1v) is 13.9. The molecule has 1 aromatic carbocycles. The standard InChI is InChI=1S/C25H30F2N6O5S/c1-3-7-39-25-29-23(28-16-9-13(16)12-5-6-14(26)15(27)8-12)20-24(30-25)33(32-31-20)17-10-18(22(36)21(17)35)38-11-19(34)37-4-2/h5-6,8,13,16-18,21-22,35-36H,3-4,7,9-11H2,1-2H3,(H,28,29,30)/t13-,16+,17+,18-,21-,22-/m0/s1. The van der Waals surface area contributed by atoms with Crippen LogP contribution in [-0.2, 0) is 14.3 Å². The van der Waals surface area contributed by atoms with Crippen molar-refractivity contribution in [2.45, 2.75) is 74.6 Å². The second-order valence-electron chi connectivity index (χ2n) is 9.61. The average Bonchev–Trinajstić information content (AvgIpc) is 3.46. The molecular formula is C25H30F2N6O5S. The first kappa shape index (κ1) is 27.6. The van der Waals surface area contributed by atoms with Gasteiger partial charge in [0, 0.05) is 24.1 Å². The van der Waals surface area contributed by atoms with Crippen molar-refractivity contribution in [3.8, 4) is 0 Å². The number of nitrogens with zero attached hydrogens (tertiary/aromatic N) is 5. The van der Waals surface area contributed by atoms with E-state index < -0.39 is 42.0 Å². The van der Waals surface area contributed by atoms with Crippen LogP contribution in [0.15, 0.2) is 23.4 Å². The van der Waals surface area contributed by atoms with E-state index in [0.29, 0.717) is 34.1 Å². The molecule has 3 N–H and O–H groups in total. The van der Waals surface area contributed by atoms with Gasteiger partial charge in [0.1, 0.15) is 18.8 Å². The summed E-state index contributed by atoms with van der Waals surface area (Å²) in [6, 6.07) is 3.14. The van der Waals surface area contributed by atoms with Gasteiger partial charge in [-0.3, -0.25) is 0 Å². The van der Waals surface area contributed by atoms with Crippen molar-refractivity contribution in [1.82, 2.24) is 25.0 Å². The smallest absolute Gasteiger partial charge is 0.332 e. The van der Waals surface area contributed by atoms with E-state index in [4.69, 9.17) is 9.47 Å². The van der Waals surface area contributed by atoms with Gasteiger partial charge >= 0.3 is 5.97 Å². The quantitative estimate of drug-likeness (QED) is 0.180. The topological polar surface area (TPSA) is 145 Å². The van der Waals surface area contributed by atoms with E-state index in [1.54, 1.807) is 13.0 Å².